The third kappa shape index (κ3) is 3.53. The van der Waals surface area contributed by atoms with Crippen molar-refractivity contribution < 1.29 is 22.3 Å². The number of rotatable bonds is 3. The average Bonchev–Trinajstić information content (AvgIpc) is 2.39. The van der Waals surface area contributed by atoms with Crippen LogP contribution in [0.2, 0.25) is 0 Å². The fraction of sp³-hybridized carbons (Fsp3) is 0.154. The van der Waals surface area contributed by atoms with Crippen molar-refractivity contribution in [1.82, 2.24) is 4.98 Å². The van der Waals surface area contributed by atoms with Crippen LogP contribution >= 0.6 is 0 Å². The first-order chi connectivity index (χ1) is 9.79. The molecule has 0 spiro atoms. The molecule has 0 saturated heterocycles. The lowest BCUT2D eigenvalue weighted by molar-refractivity contribution is -0.137. The maximum Gasteiger partial charge on any atom is 0.416 e. The van der Waals surface area contributed by atoms with Crippen LogP contribution in [0.3, 0.4) is 0 Å². The van der Waals surface area contributed by atoms with E-state index in [1.807, 2.05) is 0 Å². The zero-order valence-electron chi connectivity index (χ0n) is 10.8. The van der Waals surface area contributed by atoms with E-state index >= 15 is 0 Å². The minimum absolute atomic E-state index is 0.0689. The van der Waals surface area contributed by atoms with Gasteiger partial charge in [0.1, 0.15) is 23.2 Å². The van der Waals surface area contributed by atoms with Gasteiger partial charge in [-0.1, -0.05) is 0 Å². The zero-order valence-corrected chi connectivity index (χ0v) is 10.8. The second-order valence-corrected chi connectivity index (χ2v) is 4.13. The number of alkyl halides is 3. The van der Waals surface area contributed by atoms with Crippen molar-refractivity contribution in [2.45, 2.75) is 6.18 Å². The molecule has 112 valence electrons. The number of pyridine rings is 1. The number of ether oxygens (including phenoxy) is 1. The molecule has 1 aromatic carbocycles. The summed E-state index contributed by atoms with van der Waals surface area (Å²) in [5, 5.41) is 2.45. The molecule has 0 amide bonds. The first kappa shape index (κ1) is 14.9. The number of anilines is 3. The predicted octanol–water partition coefficient (Wildman–Crippen LogP) is 3.57. The number of nitrogens with zero attached hydrogens (tertiary/aromatic N) is 1. The normalized spacial score (nSPS) is 11.3. The van der Waals surface area contributed by atoms with Gasteiger partial charge in [-0.05, 0) is 24.3 Å². The molecule has 2 rings (SSSR count). The summed E-state index contributed by atoms with van der Waals surface area (Å²) in [6.07, 6.45) is -4.57. The number of halogens is 4. The van der Waals surface area contributed by atoms with Crippen molar-refractivity contribution in [2.75, 3.05) is 18.2 Å². The molecule has 0 saturated carbocycles. The fourth-order valence-electron chi connectivity index (χ4n) is 1.64. The summed E-state index contributed by atoms with van der Waals surface area (Å²) in [6.45, 7) is 0. The Balaban J connectivity index is 2.38. The number of nitrogens with one attached hydrogen (secondary N) is 1. The lowest BCUT2D eigenvalue weighted by atomic mass is 10.2. The maximum atomic E-state index is 13.6. The van der Waals surface area contributed by atoms with Crippen molar-refractivity contribution in [3.63, 3.8) is 0 Å². The highest BCUT2D eigenvalue weighted by molar-refractivity contribution is 5.61. The van der Waals surface area contributed by atoms with Gasteiger partial charge in [0, 0.05) is 6.07 Å². The number of hydrogen-bond donors (Lipinski definition) is 2. The van der Waals surface area contributed by atoms with Crippen molar-refractivity contribution in [3.8, 4) is 5.75 Å². The largest absolute Gasteiger partial charge is 0.497 e. The highest BCUT2D eigenvalue weighted by Crippen LogP contribution is 2.32. The molecule has 0 aliphatic carbocycles. The van der Waals surface area contributed by atoms with Crippen molar-refractivity contribution in [3.05, 3.63) is 41.7 Å². The summed E-state index contributed by atoms with van der Waals surface area (Å²) < 4.78 is 56.6. The van der Waals surface area contributed by atoms with E-state index in [4.69, 9.17) is 10.5 Å². The first-order valence-corrected chi connectivity index (χ1v) is 5.75. The molecule has 0 radical (unpaired) electrons. The number of aromatic nitrogens is 1. The second kappa shape index (κ2) is 5.47. The lowest BCUT2D eigenvalue weighted by Crippen LogP contribution is -2.08. The van der Waals surface area contributed by atoms with E-state index in [0.717, 1.165) is 12.1 Å². The highest BCUT2D eigenvalue weighted by atomic mass is 19.4. The first-order valence-electron chi connectivity index (χ1n) is 5.75. The van der Waals surface area contributed by atoms with E-state index in [2.05, 4.69) is 10.3 Å². The van der Waals surface area contributed by atoms with E-state index in [1.165, 1.54) is 19.2 Å². The van der Waals surface area contributed by atoms with Crippen LogP contribution in [0.5, 0.6) is 5.75 Å². The Hall–Kier alpha value is -2.51. The Morgan fingerprint density at radius 2 is 1.90 bits per heavy atom. The number of benzene rings is 1. The summed E-state index contributed by atoms with van der Waals surface area (Å²) in [5.41, 5.74) is 4.29. The summed E-state index contributed by atoms with van der Waals surface area (Å²) >= 11 is 0. The van der Waals surface area contributed by atoms with Crippen LogP contribution in [0, 0.1) is 5.82 Å². The van der Waals surface area contributed by atoms with Gasteiger partial charge in [-0.2, -0.15) is 13.2 Å². The summed E-state index contributed by atoms with van der Waals surface area (Å²) in [6, 6.07) is 5.25. The fourth-order valence-corrected chi connectivity index (χ4v) is 1.64. The molecule has 3 N–H and O–H groups in total. The van der Waals surface area contributed by atoms with Gasteiger partial charge in [-0.15, -0.1) is 0 Å². The highest BCUT2D eigenvalue weighted by Gasteiger charge is 2.31. The summed E-state index contributed by atoms with van der Waals surface area (Å²) in [4.78, 5) is 3.70. The molecular weight excluding hydrogens is 290 g/mol. The molecule has 0 fully saturated rings. The Morgan fingerprint density at radius 1 is 1.19 bits per heavy atom. The SMILES string of the molecule is COc1ccc(F)c(Nc2cc(C(F)(F)F)cc(N)n2)c1. The molecular formula is C13H11F4N3O. The molecule has 0 aliphatic heterocycles. The number of methoxy groups -OCH3 is 1. The van der Waals surface area contributed by atoms with Crippen molar-refractivity contribution in [2.24, 2.45) is 0 Å². The zero-order chi connectivity index (χ0) is 15.6. The number of hydrogen-bond acceptors (Lipinski definition) is 4. The Morgan fingerprint density at radius 3 is 2.52 bits per heavy atom. The molecule has 1 heterocycles. The molecule has 0 atom stereocenters. The van der Waals surface area contributed by atoms with Gasteiger partial charge in [-0.3, -0.25) is 0 Å². The van der Waals surface area contributed by atoms with Crippen LogP contribution in [0.4, 0.5) is 34.9 Å². The predicted molar refractivity (Wildman–Crippen MR) is 69.9 cm³/mol. The molecule has 1 aromatic heterocycles. The summed E-state index contributed by atoms with van der Waals surface area (Å²) in [5.74, 6) is -0.850. The molecule has 0 unspecified atom stereocenters. The van der Waals surface area contributed by atoms with Crippen LogP contribution in [0.15, 0.2) is 30.3 Å². The quantitative estimate of drug-likeness (QED) is 0.851. The number of nitrogens with two attached hydrogens (primary N) is 1. The van der Waals surface area contributed by atoms with Gasteiger partial charge in [0.05, 0.1) is 18.4 Å². The van der Waals surface area contributed by atoms with E-state index < -0.39 is 17.6 Å². The summed E-state index contributed by atoms with van der Waals surface area (Å²) in [7, 11) is 1.39. The molecule has 0 aliphatic rings. The number of nitrogen functional groups attached to an aromatic ring is 1. The van der Waals surface area contributed by atoms with Gasteiger partial charge in [0.2, 0.25) is 0 Å². The maximum absolute atomic E-state index is 13.6. The van der Waals surface area contributed by atoms with Crippen LogP contribution in [-0.2, 0) is 6.18 Å². The van der Waals surface area contributed by atoms with E-state index in [-0.39, 0.29) is 17.3 Å². The van der Waals surface area contributed by atoms with Crippen LogP contribution in [0.25, 0.3) is 0 Å². The Bertz CT molecular complexity index is 658. The Kier molecular flexibility index (Phi) is 3.88. The van der Waals surface area contributed by atoms with Gasteiger partial charge < -0.3 is 15.8 Å². The van der Waals surface area contributed by atoms with Gasteiger partial charge in [0.25, 0.3) is 0 Å². The monoisotopic (exact) mass is 301 g/mol. The lowest BCUT2D eigenvalue weighted by Gasteiger charge is -2.12. The third-order valence-electron chi connectivity index (χ3n) is 2.61. The molecule has 0 bridgehead atoms. The van der Waals surface area contributed by atoms with E-state index in [1.54, 1.807) is 0 Å². The Labute approximate surface area is 117 Å². The minimum Gasteiger partial charge on any atom is -0.497 e. The van der Waals surface area contributed by atoms with Crippen molar-refractivity contribution in [1.29, 1.82) is 0 Å². The smallest absolute Gasteiger partial charge is 0.416 e. The van der Waals surface area contributed by atoms with E-state index in [9.17, 15) is 17.6 Å². The second-order valence-electron chi connectivity index (χ2n) is 4.13. The van der Waals surface area contributed by atoms with Crippen LogP contribution in [-0.4, -0.2) is 12.1 Å². The van der Waals surface area contributed by atoms with Gasteiger partial charge in [0.15, 0.2) is 0 Å². The van der Waals surface area contributed by atoms with Gasteiger partial charge in [-0.25, -0.2) is 9.37 Å². The minimum atomic E-state index is -4.57. The van der Waals surface area contributed by atoms with Crippen LogP contribution in [0.1, 0.15) is 5.56 Å². The molecule has 8 heteroatoms. The standard InChI is InChI=1S/C13H11F4N3O/c1-21-8-2-3-9(14)10(6-8)19-12-5-7(13(15,16)17)4-11(18)20-12/h2-6H,1H3,(H3,18,19,20). The molecule has 21 heavy (non-hydrogen) atoms. The average molecular weight is 301 g/mol. The van der Waals surface area contributed by atoms with Crippen molar-refractivity contribution >= 4 is 17.3 Å². The molecule has 4 nitrogen and oxygen atoms in total. The topological polar surface area (TPSA) is 60.2 Å². The van der Waals surface area contributed by atoms with E-state index in [0.29, 0.717) is 11.8 Å². The molecule has 2 aromatic rings. The van der Waals surface area contributed by atoms with Crippen LogP contribution < -0.4 is 15.8 Å². The van der Waals surface area contributed by atoms with Gasteiger partial charge >= 0.3 is 6.18 Å². The third-order valence-corrected chi connectivity index (χ3v) is 2.61.